The molecule has 0 aliphatic carbocycles. The van der Waals surface area contributed by atoms with Crippen molar-refractivity contribution in [3.63, 3.8) is 0 Å². The quantitative estimate of drug-likeness (QED) is 0.725. The minimum absolute atomic E-state index is 0.0636. The van der Waals surface area contributed by atoms with E-state index in [0.29, 0.717) is 5.56 Å². The number of benzene rings is 1. The lowest BCUT2D eigenvalue weighted by Crippen LogP contribution is -2.33. The zero-order valence-corrected chi connectivity index (χ0v) is 12.9. The molecule has 0 bridgehead atoms. The summed E-state index contributed by atoms with van der Waals surface area (Å²) >= 11 is 0. The third-order valence-corrected chi connectivity index (χ3v) is 4.52. The highest BCUT2D eigenvalue weighted by Crippen LogP contribution is 2.03. The molecule has 1 aromatic carbocycles. The first-order valence-electron chi connectivity index (χ1n) is 6.34. The van der Waals surface area contributed by atoms with Crippen LogP contribution in [0.3, 0.4) is 0 Å². The van der Waals surface area contributed by atoms with Gasteiger partial charge in [-0.3, -0.25) is 4.79 Å². The number of sulfonamides is 1. The average molecular weight is 309 g/mol. The van der Waals surface area contributed by atoms with E-state index in [2.05, 4.69) is 17.2 Å². The van der Waals surface area contributed by atoms with Crippen LogP contribution in [0.25, 0.3) is 0 Å². The largest absolute Gasteiger partial charge is 0.351 e. The van der Waals surface area contributed by atoms with E-state index < -0.39 is 10.0 Å². The van der Waals surface area contributed by atoms with Gasteiger partial charge in [0.15, 0.2) is 0 Å². The van der Waals surface area contributed by atoms with Gasteiger partial charge < -0.3 is 11.1 Å². The van der Waals surface area contributed by atoms with Gasteiger partial charge in [0.1, 0.15) is 0 Å². The lowest BCUT2D eigenvalue weighted by atomic mass is 10.1. The maximum absolute atomic E-state index is 11.9. The summed E-state index contributed by atoms with van der Waals surface area (Å²) in [7, 11) is -0.391. The van der Waals surface area contributed by atoms with Crippen molar-refractivity contribution in [3.8, 4) is 11.8 Å². The maximum Gasteiger partial charge on any atom is 0.251 e. The monoisotopic (exact) mass is 309 g/mol. The molecule has 0 radical (unpaired) electrons. The van der Waals surface area contributed by atoms with Gasteiger partial charge in [0.05, 0.1) is 12.3 Å². The molecule has 0 unspecified atom stereocenters. The Morgan fingerprint density at radius 1 is 1.29 bits per heavy atom. The average Bonchev–Trinajstić information content (AvgIpc) is 2.45. The Morgan fingerprint density at radius 2 is 1.90 bits per heavy atom. The van der Waals surface area contributed by atoms with Gasteiger partial charge in [-0.1, -0.05) is 11.8 Å². The SMILES string of the molecule is CN(C)S(=O)(=O)CCNC(=O)c1ccc(C#CCN)cc1. The molecule has 0 atom stereocenters. The predicted molar refractivity (Wildman–Crippen MR) is 82.2 cm³/mol. The first-order valence-corrected chi connectivity index (χ1v) is 7.95. The van der Waals surface area contributed by atoms with Crippen LogP contribution in [0.15, 0.2) is 24.3 Å². The van der Waals surface area contributed by atoms with E-state index in [1.54, 1.807) is 24.3 Å². The van der Waals surface area contributed by atoms with E-state index in [4.69, 9.17) is 5.73 Å². The number of nitrogens with one attached hydrogen (secondary N) is 1. The normalized spacial score (nSPS) is 10.9. The van der Waals surface area contributed by atoms with Crippen LogP contribution in [0.4, 0.5) is 0 Å². The van der Waals surface area contributed by atoms with Gasteiger partial charge in [0, 0.05) is 31.8 Å². The fraction of sp³-hybridized carbons (Fsp3) is 0.357. The molecule has 0 aliphatic heterocycles. The Morgan fingerprint density at radius 3 is 2.43 bits per heavy atom. The maximum atomic E-state index is 11.9. The van der Waals surface area contributed by atoms with Crippen molar-refractivity contribution in [1.82, 2.24) is 9.62 Å². The number of amides is 1. The lowest BCUT2D eigenvalue weighted by Gasteiger charge is -2.11. The zero-order valence-electron chi connectivity index (χ0n) is 12.1. The predicted octanol–water partition coefficient (Wildman–Crippen LogP) is -0.382. The van der Waals surface area contributed by atoms with E-state index in [1.807, 2.05) is 0 Å². The Hall–Kier alpha value is -1.88. The Balaban J connectivity index is 2.57. The van der Waals surface area contributed by atoms with Crippen molar-refractivity contribution < 1.29 is 13.2 Å². The Kier molecular flexibility index (Phi) is 6.37. The molecule has 6 nitrogen and oxygen atoms in total. The van der Waals surface area contributed by atoms with Crippen molar-refractivity contribution >= 4 is 15.9 Å². The minimum atomic E-state index is -3.30. The van der Waals surface area contributed by atoms with Crippen LogP contribution in [0, 0.1) is 11.8 Å². The highest BCUT2D eigenvalue weighted by Gasteiger charge is 2.14. The molecule has 114 valence electrons. The van der Waals surface area contributed by atoms with Crippen molar-refractivity contribution in [1.29, 1.82) is 0 Å². The summed E-state index contributed by atoms with van der Waals surface area (Å²) in [6.45, 7) is 0.344. The molecule has 1 amide bonds. The van der Waals surface area contributed by atoms with Crippen LogP contribution >= 0.6 is 0 Å². The fourth-order valence-corrected chi connectivity index (χ4v) is 2.16. The second-order valence-corrected chi connectivity index (χ2v) is 6.74. The second-order valence-electron chi connectivity index (χ2n) is 4.44. The molecule has 21 heavy (non-hydrogen) atoms. The lowest BCUT2D eigenvalue weighted by molar-refractivity contribution is 0.0956. The third-order valence-electron chi connectivity index (χ3n) is 2.68. The fourth-order valence-electron chi connectivity index (χ4n) is 1.44. The first-order chi connectivity index (χ1) is 9.86. The number of nitrogens with zero attached hydrogens (tertiary/aromatic N) is 1. The molecule has 7 heteroatoms. The smallest absolute Gasteiger partial charge is 0.251 e. The topological polar surface area (TPSA) is 92.5 Å². The van der Waals surface area contributed by atoms with E-state index in [0.717, 1.165) is 9.87 Å². The van der Waals surface area contributed by atoms with Gasteiger partial charge in [-0.05, 0) is 24.3 Å². The molecule has 0 fully saturated rings. The number of carbonyl (C=O) groups is 1. The number of nitrogens with two attached hydrogens (primary N) is 1. The van der Waals surface area contributed by atoms with Crippen molar-refractivity contribution in [2.75, 3.05) is 32.9 Å². The number of hydrogen-bond acceptors (Lipinski definition) is 4. The number of carbonyl (C=O) groups excluding carboxylic acids is 1. The Labute approximate surface area is 125 Å². The number of hydrogen-bond donors (Lipinski definition) is 2. The molecule has 1 aromatic rings. The zero-order chi connectivity index (χ0) is 15.9. The summed E-state index contributed by atoms with van der Waals surface area (Å²) in [5.74, 6) is 5.12. The number of rotatable bonds is 5. The molecule has 0 spiro atoms. The van der Waals surface area contributed by atoms with E-state index in [9.17, 15) is 13.2 Å². The van der Waals surface area contributed by atoms with Crippen LogP contribution in [-0.4, -0.2) is 51.6 Å². The summed E-state index contributed by atoms with van der Waals surface area (Å²) < 4.78 is 24.2. The molecule has 0 heterocycles. The van der Waals surface area contributed by atoms with Gasteiger partial charge in [-0.25, -0.2) is 12.7 Å². The van der Waals surface area contributed by atoms with Crippen LogP contribution in [0.1, 0.15) is 15.9 Å². The molecule has 0 aliphatic rings. The van der Waals surface area contributed by atoms with Crippen LogP contribution in [0.2, 0.25) is 0 Å². The minimum Gasteiger partial charge on any atom is -0.351 e. The molecule has 1 rings (SSSR count). The van der Waals surface area contributed by atoms with Crippen LogP contribution in [0.5, 0.6) is 0 Å². The van der Waals surface area contributed by atoms with E-state index in [1.165, 1.54) is 14.1 Å². The van der Waals surface area contributed by atoms with Gasteiger partial charge >= 0.3 is 0 Å². The summed E-state index contributed by atoms with van der Waals surface area (Å²) in [5, 5.41) is 2.57. The van der Waals surface area contributed by atoms with Gasteiger partial charge in [-0.2, -0.15) is 0 Å². The molecular weight excluding hydrogens is 290 g/mol. The molecular formula is C14H19N3O3S. The standard InChI is InChI=1S/C14H19N3O3S/c1-17(2)21(19,20)11-10-16-14(18)13-7-5-12(6-8-13)4-3-9-15/h5-8H,9-11,15H2,1-2H3,(H,16,18). The summed E-state index contributed by atoms with van der Waals surface area (Å²) in [5.41, 5.74) is 6.50. The van der Waals surface area contributed by atoms with Crippen LogP contribution in [-0.2, 0) is 10.0 Å². The first kappa shape index (κ1) is 17.2. The third kappa shape index (κ3) is 5.55. The Bertz CT molecular complexity index is 640. The van der Waals surface area contributed by atoms with Gasteiger partial charge in [0.2, 0.25) is 10.0 Å². The van der Waals surface area contributed by atoms with Crippen molar-refractivity contribution in [3.05, 3.63) is 35.4 Å². The van der Waals surface area contributed by atoms with E-state index in [-0.39, 0.29) is 24.7 Å². The summed E-state index contributed by atoms with van der Waals surface area (Å²) in [4.78, 5) is 11.9. The molecule has 3 N–H and O–H groups in total. The van der Waals surface area contributed by atoms with E-state index >= 15 is 0 Å². The molecule has 0 saturated heterocycles. The summed E-state index contributed by atoms with van der Waals surface area (Å²) in [6.07, 6.45) is 0. The van der Waals surface area contributed by atoms with Gasteiger partial charge in [0.25, 0.3) is 5.91 Å². The molecule has 0 saturated carbocycles. The highest BCUT2D eigenvalue weighted by atomic mass is 32.2. The summed E-state index contributed by atoms with van der Waals surface area (Å²) in [6, 6.07) is 6.70. The van der Waals surface area contributed by atoms with Crippen molar-refractivity contribution in [2.45, 2.75) is 0 Å². The van der Waals surface area contributed by atoms with Crippen molar-refractivity contribution in [2.24, 2.45) is 5.73 Å². The van der Waals surface area contributed by atoms with Gasteiger partial charge in [-0.15, -0.1) is 0 Å². The van der Waals surface area contributed by atoms with Crippen LogP contribution < -0.4 is 11.1 Å². The highest BCUT2D eigenvalue weighted by molar-refractivity contribution is 7.89. The second kappa shape index (κ2) is 7.78. The molecule has 0 aromatic heterocycles.